The number of furan rings is 1. The van der Waals surface area contributed by atoms with Crippen molar-refractivity contribution in [2.45, 2.75) is 0 Å². The van der Waals surface area contributed by atoms with Crippen LogP contribution in [-0.4, -0.2) is 34.2 Å². The molecular weight excluding hydrogens is 388 g/mol. The summed E-state index contributed by atoms with van der Waals surface area (Å²) in [7, 11) is 1.31. The van der Waals surface area contributed by atoms with Gasteiger partial charge in [0.15, 0.2) is 22.8 Å². The molecule has 148 valence electrons. The Morgan fingerprint density at radius 1 is 1.21 bits per heavy atom. The summed E-state index contributed by atoms with van der Waals surface area (Å²) in [5.41, 5.74) is 1.86. The number of hydrazone groups is 1. The highest BCUT2D eigenvalue weighted by Crippen LogP contribution is 2.33. The number of nitrogens with one attached hydrogen (secondary N) is 1. The van der Waals surface area contributed by atoms with E-state index in [2.05, 4.69) is 10.5 Å². The number of nitrogens with zero attached hydrogens (tertiary/aromatic N) is 3. The molecule has 0 saturated carbocycles. The predicted octanol–water partition coefficient (Wildman–Crippen LogP) is 2.73. The van der Waals surface area contributed by atoms with Gasteiger partial charge in [0.2, 0.25) is 0 Å². The van der Waals surface area contributed by atoms with E-state index in [1.54, 1.807) is 0 Å². The van der Waals surface area contributed by atoms with E-state index in [9.17, 15) is 30.1 Å². The third-order valence-electron chi connectivity index (χ3n) is 3.80. The minimum Gasteiger partial charge on any atom is -0.502 e. The first kappa shape index (κ1) is 19.3. The summed E-state index contributed by atoms with van der Waals surface area (Å²) in [5, 5.41) is 35.2. The molecule has 12 heteroatoms. The summed E-state index contributed by atoms with van der Waals surface area (Å²) in [6.45, 7) is 0. The number of phenols is 1. The summed E-state index contributed by atoms with van der Waals surface area (Å²) < 4.78 is 10.5. The third kappa shape index (κ3) is 3.95. The smallest absolute Gasteiger partial charge is 0.311 e. The number of ether oxygens (including phenoxy) is 1. The normalized spacial score (nSPS) is 10.9. The van der Waals surface area contributed by atoms with Crippen molar-refractivity contribution in [3.63, 3.8) is 0 Å². The van der Waals surface area contributed by atoms with Crippen LogP contribution in [0.4, 0.5) is 11.4 Å². The molecule has 0 aliphatic carbocycles. The van der Waals surface area contributed by atoms with Crippen molar-refractivity contribution in [3.8, 4) is 11.5 Å². The molecule has 3 rings (SSSR count). The quantitative estimate of drug-likeness (QED) is 0.361. The lowest BCUT2D eigenvalue weighted by Gasteiger charge is -2.00. The number of hydrogen-bond acceptors (Lipinski definition) is 9. The van der Waals surface area contributed by atoms with Crippen LogP contribution in [0.15, 0.2) is 45.9 Å². The van der Waals surface area contributed by atoms with Gasteiger partial charge in [0.25, 0.3) is 5.69 Å². The largest absolute Gasteiger partial charge is 0.502 e. The van der Waals surface area contributed by atoms with Gasteiger partial charge in [0.05, 0.1) is 29.2 Å². The zero-order valence-electron chi connectivity index (χ0n) is 14.7. The molecule has 0 radical (unpaired) electrons. The number of methoxy groups -OCH3 is 1. The second-order valence-corrected chi connectivity index (χ2v) is 5.64. The van der Waals surface area contributed by atoms with Crippen LogP contribution in [0.3, 0.4) is 0 Å². The number of hydrogen-bond donors (Lipinski definition) is 2. The number of nitro benzene ring substituents is 2. The molecule has 0 fully saturated rings. The number of carbonyl (C=O) groups excluding carboxylic acids is 1. The topological polar surface area (TPSA) is 170 Å². The van der Waals surface area contributed by atoms with Crippen molar-refractivity contribution in [2.75, 3.05) is 7.11 Å². The number of phenolic OH excluding ortho intramolecular Hbond substituents is 1. The van der Waals surface area contributed by atoms with Gasteiger partial charge in [0, 0.05) is 23.1 Å². The molecule has 1 heterocycles. The van der Waals surface area contributed by atoms with Crippen LogP contribution in [0, 0.1) is 20.2 Å². The van der Waals surface area contributed by atoms with E-state index >= 15 is 0 Å². The highest BCUT2D eigenvalue weighted by molar-refractivity contribution is 5.98. The maximum absolute atomic E-state index is 12.2. The average Bonchev–Trinajstić information content (AvgIpc) is 3.12. The molecule has 1 amide bonds. The minimum atomic E-state index is -0.758. The minimum absolute atomic E-state index is 0.0909. The Hall–Kier alpha value is -4.48. The van der Waals surface area contributed by atoms with E-state index in [4.69, 9.17) is 9.15 Å². The number of amides is 1. The Morgan fingerprint density at radius 2 is 1.97 bits per heavy atom. The molecule has 2 N–H and O–H groups in total. The predicted molar refractivity (Wildman–Crippen MR) is 99.2 cm³/mol. The Bertz CT molecular complexity index is 1170. The number of fused-ring (bicyclic) bond motifs is 1. The van der Waals surface area contributed by atoms with E-state index in [-0.39, 0.29) is 28.3 Å². The van der Waals surface area contributed by atoms with Gasteiger partial charge < -0.3 is 14.3 Å². The van der Waals surface area contributed by atoms with Crippen molar-refractivity contribution in [1.29, 1.82) is 0 Å². The van der Waals surface area contributed by atoms with Crippen LogP contribution in [0.2, 0.25) is 0 Å². The van der Waals surface area contributed by atoms with E-state index in [1.165, 1.54) is 31.4 Å². The number of non-ortho nitro benzene ring substituents is 1. The summed E-state index contributed by atoms with van der Waals surface area (Å²) in [5.74, 6) is -1.34. The standard InChI is InChI=1S/C17H12N4O8/c1-28-14-7-11(20(24)25)5-10-6-15(29-16(10)14)17(23)19-18-8-9-2-3-13(22)12(4-9)21(26)27/h2-8,22H,1H3,(H,19,23)/b18-8-. The molecule has 0 saturated heterocycles. The maximum atomic E-state index is 12.2. The van der Waals surface area contributed by atoms with Crippen molar-refractivity contribution >= 4 is 34.5 Å². The molecular formula is C17H12N4O8. The molecule has 0 spiro atoms. The summed E-state index contributed by atoms with van der Waals surface area (Å²) in [4.78, 5) is 32.6. The van der Waals surface area contributed by atoms with Gasteiger partial charge >= 0.3 is 11.6 Å². The van der Waals surface area contributed by atoms with Crippen molar-refractivity contribution in [1.82, 2.24) is 5.43 Å². The van der Waals surface area contributed by atoms with Crippen molar-refractivity contribution in [3.05, 3.63) is 68.0 Å². The monoisotopic (exact) mass is 400 g/mol. The van der Waals surface area contributed by atoms with Gasteiger partial charge in [-0.25, -0.2) is 5.43 Å². The van der Waals surface area contributed by atoms with Gasteiger partial charge in [-0.1, -0.05) is 0 Å². The number of aromatic hydroxyl groups is 1. The van der Waals surface area contributed by atoms with Crippen LogP contribution in [0.5, 0.6) is 11.5 Å². The van der Waals surface area contributed by atoms with Gasteiger partial charge in [-0.2, -0.15) is 5.10 Å². The Kier molecular flexibility index (Phi) is 5.08. The Labute approximate surface area is 161 Å². The molecule has 2 aromatic carbocycles. The van der Waals surface area contributed by atoms with Gasteiger partial charge in [-0.15, -0.1) is 0 Å². The molecule has 0 atom stereocenters. The summed E-state index contributed by atoms with van der Waals surface area (Å²) in [6, 6.07) is 7.26. The first-order valence-electron chi connectivity index (χ1n) is 7.87. The first-order chi connectivity index (χ1) is 13.8. The number of nitro groups is 2. The lowest BCUT2D eigenvalue weighted by molar-refractivity contribution is -0.385. The highest BCUT2D eigenvalue weighted by Gasteiger charge is 2.19. The lowest BCUT2D eigenvalue weighted by Crippen LogP contribution is -2.16. The second-order valence-electron chi connectivity index (χ2n) is 5.64. The van der Waals surface area contributed by atoms with Crippen LogP contribution in [0.1, 0.15) is 16.1 Å². The Balaban J connectivity index is 1.81. The van der Waals surface area contributed by atoms with Crippen LogP contribution in [0.25, 0.3) is 11.0 Å². The highest BCUT2D eigenvalue weighted by atomic mass is 16.6. The summed E-state index contributed by atoms with van der Waals surface area (Å²) in [6.07, 6.45) is 1.14. The maximum Gasteiger partial charge on any atom is 0.311 e. The molecule has 3 aromatic rings. The van der Waals surface area contributed by atoms with Gasteiger partial charge in [0.1, 0.15) is 0 Å². The lowest BCUT2D eigenvalue weighted by atomic mass is 10.2. The van der Waals surface area contributed by atoms with E-state index in [1.807, 2.05) is 0 Å². The fourth-order valence-corrected chi connectivity index (χ4v) is 2.46. The molecule has 0 aliphatic heterocycles. The fourth-order valence-electron chi connectivity index (χ4n) is 2.46. The molecule has 0 unspecified atom stereocenters. The molecule has 12 nitrogen and oxygen atoms in total. The van der Waals surface area contributed by atoms with Gasteiger partial charge in [-0.3, -0.25) is 25.0 Å². The summed E-state index contributed by atoms with van der Waals surface area (Å²) >= 11 is 0. The number of rotatable bonds is 6. The molecule has 0 bridgehead atoms. The van der Waals surface area contributed by atoms with Crippen molar-refractivity contribution < 1.29 is 28.9 Å². The van der Waals surface area contributed by atoms with Crippen molar-refractivity contribution in [2.24, 2.45) is 5.10 Å². The Morgan fingerprint density at radius 3 is 2.62 bits per heavy atom. The number of carbonyl (C=O) groups is 1. The fraction of sp³-hybridized carbons (Fsp3) is 0.0588. The van der Waals surface area contributed by atoms with Crippen LogP contribution >= 0.6 is 0 Å². The van der Waals surface area contributed by atoms with Crippen LogP contribution in [-0.2, 0) is 0 Å². The third-order valence-corrected chi connectivity index (χ3v) is 3.80. The first-order valence-corrected chi connectivity index (χ1v) is 7.87. The van der Waals surface area contributed by atoms with Crippen LogP contribution < -0.4 is 10.2 Å². The molecule has 0 aliphatic rings. The SMILES string of the molecule is COc1cc([N+](=O)[O-])cc2cc(C(=O)N/N=C\c3ccc(O)c([N+](=O)[O-])c3)oc12. The molecule has 1 aromatic heterocycles. The zero-order chi connectivity index (χ0) is 21.1. The van der Waals surface area contributed by atoms with E-state index < -0.39 is 27.2 Å². The van der Waals surface area contributed by atoms with E-state index in [0.717, 1.165) is 18.3 Å². The second kappa shape index (κ2) is 7.64. The van der Waals surface area contributed by atoms with Gasteiger partial charge in [-0.05, 0) is 18.2 Å². The number of benzene rings is 2. The molecule has 29 heavy (non-hydrogen) atoms. The van der Waals surface area contributed by atoms with E-state index in [0.29, 0.717) is 5.39 Å². The average molecular weight is 400 g/mol. The zero-order valence-corrected chi connectivity index (χ0v) is 14.7.